The Morgan fingerprint density at radius 2 is 2.07 bits per heavy atom. The first-order valence-electron chi connectivity index (χ1n) is 8.15. The molecule has 1 atom stereocenters. The zero-order chi connectivity index (χ0) is 21.0. The summed E-state index contributed by atoms with van der Waals surface area (Å²) in [4.78, 5) is 8.33. The monoisotopic (exact) mass is 440 g/mol. The van der Waals surface area contributed by atoms with Crippen LogP contribution in [0.2, 0.25) is 0 Å². The zero-order valence-electron chi connectivity index (χ0n) is 15.1. The van der Waals surface area contributed by atoms with Crippen molar-refractivity contribution in [2.24, 2.45) is 10.7 Å². The second-order valence-electron chi connectivity index (χ2n) is 6.55. The number of sulfonamides is 1. The molecule has 0 bridgehead atoms. The molecule has 0 aromatic carbocycles. The minimum Gasteiger partial charge on any atom is -0.422 e. The van der Waals surface area contributed by atoms with Crippen LogP contribution in [-0.2, 0) is 15.6 Å². The Morgan fingerprint density at radius 1 is 1.31 bits per heavy atom. The van der Waals surface area contributed by atoms with Gasteiger partial charge in [-0.1, -0.05) is 0 Å². The molecule has 1 aliphatic rings. The Hall–Kier alpha value is -2.93. The molecule has 0 saturated carbocycles. The van der Waals surface area contributed by atoms with Crippen LogP contribution in [0.4, 0.5) is 8.78 Å². The van der Waals surface area contributed by atoms with Gasteiger partial charge in [0.1, 0.15) is 22.9 Å². The lowest BCUT2D eigenvalue weighted by Crippen LogP contribution is -2.50. The molecule has 4 rings (SSSR count). The Labute approximate surface area is 168 Å². The number of nitrogens with zero attached hydrogens (tertiary/aromatic N) is 5. The van der Waals surface area contributed by atoms with Crippen molar-refractivity contribution in [3.8, 4) is 22.0 Å². The van der Waals surface area contributed by atoms with Crippen LogP contribution in [0.15, 0.2) is 34.1 Å². The number of aliphatic imine (C=N–C) groups is 1. The van der Waals surface area contributed by atoms with Gasteiger partial charge in [-0.15, -0.1) is 21.5 Å². The van der Waals surface area contributed by atoms with Crippen molar-refractivity contribution >= 4 is 27.3 Å². The molecule has 2 N–H and O–H groups in total. The maximum atomic E-state index is 14.8. The van der Waals surface area contributed by atoms with Crippen LogP contribution in [0.25, 0.3) is 22.0 Å². The molecule has 29 heavy (non-hydrogen) atoms. The van der Waals surface area contributed by atoms with Crippen LogP contribution < -0.4 is 5.73 Å². The minimum absolute atomic E-state index is 0.0303. The van der Waals surface area contributed by atoms with E-state index in [1.807, 2.05) is 0 Å². The van der Waals surface area contributed by atoms with Gasteiger partial charge in [0.15, 0.2) is 0 Å². The SMILES string of the molecule is CN1C(N)=N[C@](C)(c2sc(-c3cc(-c4nnco4)ncc3F)cc2F)CS1(=O)=O. The molecule has 4 heterocycles. The van der Waals surface area contributed by atoms with E-state index in [2.05, 4.69) is 20.2 Å². The third-order valence-corrected chi connectivity index (χ3v) is 7.79. The lowest BCUT2D eigenvalue weighted by atomic mass is 10.0. The molecule has 3 aromatic heterocycles. The fourth-order valence-corrected chi connectivity index (χ4v) is 5.64. The summed E-state index contributed by atoms with van der Waals surface area (Å²) in [6.07, 6.45) is 2.07. The number of rotatable bonds is 3. The highest BCUT2D eigenvalue weighted by molar-refractivity contribution is 7.89. The fraction of sp³-hybridized carbons (Fsp3) is 0.250. The lowest BCUT2D eigenvalue weighted by molar-refractivity contribution is 0.466. The minimum atomic E-state index is -3.78. The molecule has 3 aromatic rings. The zero-order valence-corrected chi connectivity index (χ0v) is 16.8. The molecule has 0 spiro atoms. The van der Waals surface area contributed by atoms with Gasteiger partial charge in [-0.3, -0.25) is 0 Å². The number of pyridine rings is 1. The van der Waals surface area contributed by atoms with Crippen LogP contribution in [-0.4, -0.2) is 46.7 Å². The molecular weight excluding hydrogens is 426 g/mol. The summed E-state index contributed by atoms with van der Waals surface area (Å²) < 4.78 is 59.8. The standard InChI is InChI=1S/C16H14F2N6O3S2/c1-16(6-29(25,26)24(2)15(19)22-16)13-9(17)4-12(28-13)8-3-11(20-5-10(8)18)14-23-21-7-27-14/h3-5,7H,6H2,1-2H3,(H2,19,22)/t16-/m0/s1. The number of hydrogen-bond acceptors (Lipinski definition) is 9. The number of guanidine groups is 1. The van der Waals surface area contributed by atoms with Gasteiger partial charge in [-0.25, -0.2) is 31.5 Å². The first-order valence-corrected chi connectivity index (χ1v) is 10.6. The van der Waals surface area contributed by atoms with Crippen molar-refractivity contribution in [3.05, 3.63) is 41.2 Å². The lowest BCUT2D eigenvalue weighted by Gasteiger charge is -2.33. The van der Waals surface area contributed by atoms with E-state index in [0.29, 0.717) is 0 Å². The first-order chi connectivity index (χ1) is 13.6. The Kier molecular flexibility index (Phi) is 4.38. The van der Waals surface area contributed by atoms with Crippen molar-refractivity contribution < 1.29 is 21.6 Å². The van der Waals surface area contributed by atoms with Gasteiger partial charge < -0.3 is 10.2 Å². The van der Waals surface area contributed by atoms with E-state index in [9.17, 15) is 17.2 Å². The van der Waals surface area contributed by atoms with E-state index in [0.717, 1.165) is 34.3 Å². The number of hydrogen-bond donors (Lipinski definition) is 1. The van der Waals surface area contributed by atoms with E-state index in [4.69, 9.17) is 10.2 Å². The van der Waals surface area contributed by atoms with Gasteiger partial charge in [0.2, 0.25) is 22.4 Å². The second kappa shape index (κ2) is 6.56. The molecule has 0 amide bonds. The van der Waals surface area contributed by atoms with Crippen LogP contribution in [0.1, 0.15) is 11.8 Å². The van der Waals surface area contributed by atoms with Crippen LogP contribution in [0.3, 0.4) is 0 Å². The molecule has 0 aliphatic carbocycles. The van der Waals surface area contributed by atoms with Crippen molar-refractivity contribution in [1.82, 2.24) is 19.5 Å². The summed E-state index contributed by atoms with van der Waals surface area (Å²) in [5, 5.41) is 7.26. The van der Waals surface area contributed by atoms with Crippen LogP contribution in [0.5, 0.6) is 0 Å². The third kappa shape index (κ3) is 3.25. The molecule has 1 aliphatic heterocycles. The van der Waals surface area contributed by atoms with Gasteiger partial charge in [0, 0.05) is 17.5 Å². The van der Waals surface area contributed by atoms with E-state index in [1.54, 1.807) is 0 Å². The summed E-state index contributed by atoms with van der Waals surface area (Å²) >= 11 is 0.887. The highest BCUT2D eigenvalue weighted by Gasteiger charge is 2.43. The Balaban J connectivity index is 1.81. The quantitative estimate of drug-likeness (QED) is 0.659. The normalized spacial score (nSPS) is 21.2. The summed E-state index contributed by atoms with van der Waals surface area (Å²) in [5.41, 5.74) is 4.55. The van der Waals surface area contributed by atoms with E-state index >= 15 is 0 Å². The van der Waals surface area contributed by atoms with Gasteiger partial charge in [-0.05, 0) is 19.1 Å². The van der Waals surface area contributed by atoms with Gasteiger partial charge in [0.05, 0.1) is 16.8 Å². The number of nitrogens with two attached hydrogens (primary N) is 1. The Morgan fingerprint density at radius 3 is 2.72 bits per heavy atom. The summed E-state index contributed by atoms with van der Waals surface area (Å²) in [6, 6.07) is 2.47. The largest absolute Gasteiger partial charge is 0.422 e. The topological polar surface area (TPSA) is 128 Å². The maximum Gasteiger partial charge on any atom is 0.266 e. The highest BCUT2D eigenvalue weighted by atomic mass is 32.2. The number of aromatic nitrogens is 3. The number of halogens is 2. The molecule has 0 saturated heterocycles. The smallest absolute Gasteiger partial charge is 0.266 e. The van der Waals surface area contributed by atoms with Crippen LogP contribution in [0, 0.1) is 11.6 Å². The molecule has 0 radical (unpaired) electrons. The van der Waals surface area contributed by atoms with E-state index in [-0.39, 0.29) is 32.9 Å². The van der Waals surface area contributed by atoms with Crippen LogP contribution >= 0.6 is 11.3 Å². The molecular formula is C16H14F2N6O3S2. The van der Waals surface area contributed by atoms with Crippen molar-refractivity contribution in [2.75, 3.05) is 12.8 Å². The van der Waals surface area contributed by atoms with Crippen molar-refractivity contribution in [2.45, 2.75) is 12.5 Å². The Bertz CT molecular complexity index is 1230. The third-order valence-electron chi connectivity index (χ3n) is 4.44. The van der Waals surface area contributed by atoms with Gasteiger partial charge >= 0.3 is 0 Å². The van der Waals surface area contributed by atoms with E-state index in [1.165, 1.54) is 20.0 Å². The molecule has 13 heteroatoms. The maximum absolute atomic E-state index is 14.8. The van der Waals surface area contributed by atoms with Gasteiger partial charge in [0.25, 0.3) is 5.89 Å². The molecule has 0 unspecified atom stereocenters. The van der Waals surface area contributed by atoms with Crippen molar-refractivity contribution in [3.63, 3.8) is 0 Å². The summed E-state index contributed by atoms with van der Waals surface area (Å²) in [6.45, 7) is 1.47. The summed E-state index contributed by atoms with van der Waals surface area (Å²) in [5.74, 6) is -2.04. The highest BCUT2D eigenvalue weighted by Crippen LogP contribution is 2.42. The number of thiophene rings is 1. The van der Waals surface area contributed by atoms with Gasteiger partial charge in [-0.2, -0.15) is 0 Å². The predicted molar refractivity (Wildman–Crippen MR) is 101 cm³/mol. The fourth-order valence-electron chi connectivity index (χ4n) is 2.96. The van der Waals surface area contributed by atoms with E-state index < -0.39 is 32.9 Å². The average molecular weight is 440 g/mol. The molecule has 152 valence electrons. The predicted octanol–water partition coefficient (Wildman–Crippen LogP) is 1.94. The summed E-state index contributed by atoms with van der Waals surface area (Å²) in [7, 11) is -2.50. The molecule has 0 fully saturated rings. The first kappa shape index (κ1) is 19.4. The molecule has 9 nitrogen and oxygen atoms in total. The second-order valence-corrected chi connectivity index (χ2v) is 9.60. The average Bonchev–Trinajstić information content (AvgIpc) is 3.30. The van der Waals surface area contributed by atoms with Crippen molar-refractivity contribution in [1.29, 1.82) is 0 Å².